The van der Waals surface area contributed by atoms with E-state index in [1.54, 1.807) is 59.8 Å². The fourth-order valence-corrected chi connectivity index (χ4v) is 12.8. The standard InChI is InChI=1S/C33H44ClN7O6S.C19H32N4O4S.C14H14ClN3O3/c1-31(2,3)47-30(43)40-20-22(19-32(40,4)5)9-8-17-35-24-10-7-11-27(36-24)48(44,45)39-29(42)23-12-13-25(37-28(23)34)41-18-14-26(38-41)46-21-33(6)15-16-33;1-18(2,3)27-17(24)23-13-14(12-19(23,4)5)8-7-11-21-15-9-6-10-16(22-15)28(20,25)26;1-14(5-6-14)8-21-11-4-7-18(17-11)10-3-2-9(13(19)20)12(15)16-10/h7,10-14,18,22H,8-9,15-17,19-21H2,1-6H3,(H,35,36)(H,39,42);6,9-10,14H,7-8,11-13H2,1-5H3,(H,21,22)(H2,20,25,26);2-4,7H,5-6,8H2,1H3,(H,19,20). The first-order valence-electron chi connectivity index (χ1n) is 32.1. The minimum absolute atomic E-state index is 0.0364. The molecule has 31 heteroatoms. The normalized spacial score (nSPS) is 18.1. The van der Waals surface area contributed by atoms with Crippen molar-refractivity contribution in [1.29, 1.82) is 0 Å². The van der Waals surface area contributed by atoms with E-state index in [1.807, 2.05) is 65.0 Å². The minimum Gasteiger partial charge on any atom is -0.478 e. The molecule has 2 aliphatic carbocycles. The lowest BCUT2D eigenvalue weighted by Crippen LogP contribution is -2.45. The smallest absolute Gasteiger partial charge is 0.410 e. The molecule has 0 aromatic carbocycles. The number of hydrogen-bond acceptors (Lipinski definition) is 20. The maximum atomic E-state index is 13.1. The summed E-state index contributed by atoms with van der Waals surface area (Å²) in [6, 6.07) is 18.5. The number of amides is 3. The van der Waals surface area contributed by atoms with Crippen LogP contribution in [0.5, 0.6) is 11.8 Å². The van der Waals surface area contributed by atoms with E-state index in [1.165, 1.54) is 52.5 Å². The molecule has 2 saturated heterocycles. The number of rotatable bonds is 23. The van der Waals surface area contributed by atoms with Crippen LogP contribution in [0.1, 0.15) is 168 Å². The second-order valence-corrected chi connectivity index (χ2v) is 32.9. The van der Waals surface area contributed by atoms with Gasteiger partial charge in [0.15, 0.2) is 21.7 Å². The van der Waals surface area contributed by atoms with Gasteiger partial charge >= 0.3 is 18.2 Å². The lowest BCUT2D eigenvalue weighted by Gasteiger charge is -2.33. The number of nitrogens with zero attached hydrogens (tertiary/aromatic N) is 10. The van der Waals surface area contributed by atoms with E-state index in [9.17, 15) is 36.0 Å². The number of sulfonamides is 2. The number of pyridine rings is 4. The lowest BCUT2D eigenvalue weighted by molar-refractivity contribution is 0.0118. The van der Waals surface area contributed by atoms with Crippen molar-refractivity contribution in [3.8, 4) is 23.4 Å². The van der Waals surface area contributed by atoms with Crippen molar-refractivity contribution < 1.29 is 60.1 Å². The van der Waals surface area contributed by atoms with Gasteiger partial charge in [-0.2, -0.15) is 8.42 Å². The Hall–Kier alpha value is -7.86. The van der Waals surface area contributed by atoms with Crippen LogP contribution in [0.3, 0.4) is 0 Å². The van der Waals surface area contributed by atoms with Crippen LogP contribution >= 0.6 is 23.2 Å². The molecule has 6 N–H and O–H groups in total. The fourth-order valence-electron chi connectivity index (χ4n) is 10.9. The molecule has 6 aromatic rings. The zero-order chi connectivity index (χ0) is 71.1. The quantitative estimate of drug-likeness (QED) is 0.0294. The number of ether oxygens (including phenoxy) is 4. The topological polar surface area (TPSA) is 349 Å². The lowest BCUT2D eigenvalue weighted by atomic mass is 9.93. The zero-order valence-electron chi connectivity index (χ0n) is 57.0. The highest BCUT2D eigenvalue weighted by Crippen LogP contribution is 2.46. The molecule has 4 aliphatic rings. The Bertz CT molecular complexity index is 4030. The van der Waals surface area contributed by atoms with Gasteiger partial charge in [0.1, 0.15) is 33.1 Å². The Balaban J connectivity index is 0.000000206. The van der Waals surface area contributed by atoms with Crippen LogP contribution in [0.25, 0.3) is 11.6 Å². The van der Waals surface area contributed by atoms with Crippen LogP contribution in [0, 0.1) is 22.7 Å². The number of nitrogens with two attached hydrogens (primary N) is 1. The first-order chi connectivity index (χ1) is 45.2. The van der Waals surface area contributed by atoms with Gasteiger partial charge in [0.2, 0.25) is 11.8 Å². The minimum atomic E-state index is -4.32. The monoisotopic (exact) mass is 1420 g/mol. The second kappa shape index (κ2) is 30.1. The number of carboxylic acid groups (broad SMARTS) is 1. The molecular formula is C66H90Cl2N14O13S2. The third kappa shape index (κ3) is 21.8. The molecule has 2 unspecified atom stereocenters. The predicted molar refractivity (Wildman–Crippen MR) is 366 cm³/mol. The van der Waals surface area contributed by atoms with Crippen molar-refractivity contribution in [1.82, 2.24) is 54.0 Å². The molecule has 0 spiro atoms. The number of aromatic nitrogens is 8. The average Bonchev–Trinajstić information content (AvgIpc) is 1.77. The molecule has 0 bridgehead atoms. The van der Waals surface area contributed by atoms with Crippen molar-refractivity contribution in [3.63, 3.8) is 0 Å². The van der Waals surface area contributed by atoms with Gasteiger partial charge in [0, 0.05) is 72.6 Å². The first-order valence-corrected chi connectivity index (χ1v) is 35.9. The molecule has 2 aliphatic heterocycles. The fraction of sp³-hybridized carbons (Fsp3) is 0.545. The number of anilines is 2. The molecule has 3 amide bonds. The molecule has 2 saturated carbocycles. The number of carbonyl (C=O) groups is 4. The molecule has 6 aromatic heterocycles. The number of aromatic carboxylic acids is 1. The highest BCUT2D eigenvalue weighted by atomic mass is 35.5. The number of carboxylic acids is 1. The van der Waals surface area contributed by atoms with Gasteiger partial charge in [-0.3, -0.25) is 4.79 Å². The van der Waals surface area contributed by atoms with Crippen molar-refractivity contribution >= 4 is 78.9 Å². The van der Waals surface area contributed by atoms with Crippen molar-refractivity contribution in [2.75, 3.05) is 50.0 Å². The third-order valence-corrected chi connectivity index (χ3v) is 19.3. The van der Waals surface area contributed by atoms with Gasteiger partial charge in [-0.25, -0.2) is 62.0 Å². The SMILES string of the molecule is CC(C)(C)OC(=O)N1CC(CCCNc2cccc(S(N)(=O)=O)n2)CC1(C)C.CC1(COc2ccn(-c3ccc(C(=O)NS(=O)(=O)c4cccc(NCCCC5CN(C(=O)OC(C)(C)C)C(C)(C)C5)n4)c(Cl)n3)n2)CC1.CC1(COc2ccn(-c3ccc(C(=O)O)c(Cl)n3)n2)CC1. The van der Waals surface area contributed by atoms with Gasteiger partial charge in [-0.1, -0.05) is 49.2 Å². The van der Waals surface area contributed by atoms with Crippen LogP contribution in [-0.2, 0) is 29.5 Å². The Morgan fingerprint density at radius 2 is 1.01 bits per heavy atom. The summed E-state index contributed by atoms with van der Waals surface area (Å²) in [4.78, 5) is 69.1. The summed E-state index contributed by atoms with van der Waals surface area (Å²) in [6.07, 6.45) is 12.7. The van der Waals surface area contributed by atoms with E-state index >= 15 is 0 Å². The van der Waals surface area contributed by atoms with Crippen LogP contribution in [0.4, 0.5) is 21.2 Å². The predicted octanol–water partition coefficient (Wildman–Crippen LogP) is 11.6. The second-order valence-electron chi connectivity index (χ2n) is 29.0. The van der Waals surface area contributed by atoms with E-state index in [2.05, 4.69) is 68.5 Å². The van der Waals surface area contributed by atoms with Gasteiger partial charge < -0.3 is 44.5 Å². The zero-order valence-corrected chi connectivity index (χ0v) is 60.2. The highest BCUT2D eigenvalue weighted by Gasteiger charge is 2.44. The Morgan fingerprint density at radius 3 is 1.40 bits per heavy atom. The van der Waals surface area contributed by atoms with Crippen LogP contribution in [-0.4, -0.2) is 157 Å². The number of carbonyl (C=O) groups excluding carboxylic acids is 3. The number of hydrogen-bond donors (Lipinski definition) is 5. The van der Waals surface area contributed by atoms with E-state index in [-0.39, 0.29) is 65.6 Å². The Labute approximate surface area is 577 Å². The molecule has 8 heterocycles. The molecule has 4 fully saturated rings. The molecule has 27 nitrogen and oxygen atoms in total. The summed E-state index contributed by atoms with van der Waals surface area (Å²) in [5.74, 6) is 1.23. The average molecular weight is 1420 g/mol. The molecule has 528 valence electrons. The Kier molecular flexibility index (Phi) is 23.2. The number of likely N-dealkylation sites (tertiary alicyclic amines) is 2. The van der Waals surface area contributed by atoms with E-state index < -0.39 is 43.1 Å². The summed E-state index contributed by atoms with van der Waals surface area (Å²) in [5, 5.41) is 28.2. The first kappa shape index (κ1) is 74.9. The number of nitrogens with one attached hydrogen (secondary N) is 3. The highest BCUT2D eigenvalue weighted by molar-refractivity contribution is 7.90. The summed E-state index contributed by atoms with van der Waals surface area (Å²) in [5.41, 5.74) is -1.26. The van der Waals surface area contributed by atoms with Crippen LogP contribution in [0.2, 0.25) is 10.3 Å². The van der Waals surface area contributed by atoms with Gasteiger partial charge in [-0.05, 0) is 194 Å². The summed E-state index contributed by atoms with van der Waals surface area (Å²) >= 11 is 12.1. The van der Waals surface area contributed by atoms with Crippen molar-refractivity contribution in [3.05, 3.63) is 107 Å². The van der Waals surface area contributed by atoms with Gasteiger partial charge in [0.25, 0.3) is 26.0 Å². The van der Waals surface area contributed by atoms with Crippen molar-refractivity contribution in [2.24, 2.45) is 27.8 Å². The third-order valence-electron chi connectivity index (χ3n) is 16.7. The summed E-state index contributed by atoms with van der Waals surface area (Å²) in [6.45, 7) is 27.5. The molecule has 10 rings (SSSR count). The maximum Gasteiger partial charge on any atom is 0.410 e. The summed E-state index contributed by atoms with van der Waals surface area (Å²) < 4.78 is 76.4. The molecule has 2 atom stereocenters. The largest absolute Gasteiger partial charge is 0.478 e. The molecular weight excluding hydrogens is 1330 g/mol. The van der Waals surface area contributed by atoms with Gasteiger partial charge in [0.05, 0.1) is 24.3 Å². The van der Waals surface area contributed by atoms with Crippen LogP contribution in [0.15, 0.2) is 95.2 Å². The summed E-state index contributed by atoms with van der Waals surface area (Å²) in [7, 11) is -8.13. The van der Waals surface area contributed by atoms with Gasteiger partial charge in [-0.15, -0.1) is 10.2 Å². The number of primary sulfonamides is 1. The maximum absolute atomic E-state index is 13.1. The Morgan fingerprint density at radius 1 is 0.598 bits per heavy atom. The molecule has 97 heavy (non-hydrogen) atoms. The van der Waals surface area contributed by atoms with Crippen molar-refractivity contribution in [2.45, 2.75) is 180 Å². The van der Waals surface area contributed by atoms with E-state index in [0.29, 0.717) is 86.3 Å². The van der Waals surface area contributed by atoms with Crippen LogP contribution < -0.4 is 30.0 Å². The van der Waals surface area contributed by atoms with E-state index in [0.717, 1.165) is 51.4 Å². The van der Waals surface area contributed by atoms with E-state index in [4.69, 9.17) is 52.4 Å². The number of halogens is 2. The molecule has 0 radical (unpaired) electrons.